The molecule has 1 unspecified atom stereocenters. The van der Waals surface area contributed by atoms with Crippen LogP contribution in [-0.4, -0.2) is 23.0 Å². The van der Waals surface area contributed by atoms with E-state index in [1.54, 1.807) is 11.3 Å². The van der Waals surface area contributed by atoms with Gasteiger partial charge in [-0.25, -0.2) is 4.98 Å². The lowest BCUT2D eigenvalue weighted by Gasteiger charge is -2.48. The van der Waals surface area contributed by atoms with Crippen molar-refractivity contribution in [3.63, 3.8) is 0 Å². The molecular formula is C18H23N3S. The zero-order valence-electron chi connectivity index (χ0n) is 12.9. The van der Waals surface area contributed by atoms with E-state index in [4.69, 9.17) is 5.73 Å². The minimum absolute atomic E-state index is 0.120. The molecule has 0 radical (unpaired) electrons. The van der Waals surface area contributed by atoms with Gasteiger partial charge in [0, 0.05) is 11.3 Å². The summed E-state index contributed by atoms with van der Waals surface area (Å²) in [5, 5.41) is 0.729. The maximum absolute atomic E-state index is 5.96. The third kappa shape index (κ3) is 2.34. The number of hydrogen-bond acceptors (Lipinski definition) is 4. The van der Waals surface area contributed by atoms with Crippen molar-refractivity contribution < 1.29 is 0 Å². The van der Waals surface area contributed by atoms with Crippen molar-refractivity contribution in [3.05, 3.63) is 46.5 Å². The molecule has 1 aromatic heterocycles. The van der Waals surface area contributed by atoms with Crippen LogP contribution < -0.4 is 5.73 Å². The van der Waals surface area contributed by atoms with Crippen LogP contribution in [0.25, 0.3) is 0 Å². The monoisotopic (exact) mass is 313 g/mol. The molecule has 1 aliphatic carbocycles. The molecule has 1 fully saturated rings. The Morgan fingerprint density at radius 3 is 2.64 bits per heavy atom. The van der Waals surface area contributed by atoms with Gasteiger partial charge in [0.1, 0.15) is 0 Å². The van der Waals surface area contributed by atoms with E-state index in [-0.39, 0.29) is 5.54 Å². The second-order valence-electron chi connectivity index (χ2n) is 6.54. The normalized spacial score (nSPS) is 25.8. The summed E-state index contributed by atoms with van der Waals surface area (Å²) in [6.45, 7) is 2.42. The summed E-state index contributed by atoms with van der Waals surface area (Å²) in [5.41, 5.74) is 8.77. The van der Waals surface area contributed by atoms with Crippen LogP contribution in [0, 0.1) is 0 Å². The maximum Gasteiger partial charge on any atom is 0.180 e. The topological polar surface area (TPSA) is 42.1 Å². The number of piperidine rings is 1. The van der Waals surface area contributed by atoms with Crippen LogP contribution in [0.5, 0.6) is 0 Å². The molecule has 0 amide bonds. The molecule has 0 bridgehead atoms. The molecule has 2 aromatic rings. The molecule has 4 heteroatoms. The van der Waals surface area contributed by atoms with Gasteiger partial charge in [-0.05, 0) is 44.3 Å². The highest BCUT2D eigenvalue weighted by Crippen LogP contribution is 2.44. The molecule has 3 nitrogen and oxygen atoms in total. The predicted molar refractivity (Wildman–Crippen MR) is 92.1 cm³/mol. The predicted octanol–water partition coefficient (Wildman–Crippen LogP) is 3.60. The van der Waals surface area contributed by atoms with Crippen molar-refractivity contribution in [2.24, 2.45) is 0 Å². The number of thiazole rings is 1. The molecule has 1 aliphatic heterocycles. The first kappa shape index (κ1) is 14.2. The molecular weight excluding hydrogens is 290 g/mol. The fourth-order valence-corrected chi connectivity index (χ4v) is 5.04. The Morgan fingerprint density at radius 2 is 1.86 bits per heavy atom. The fourth-order valence-electron chi connectivity index (χ4n) is 4.19. The van der Waals surface area contributed by atoms with E-state index in [2.05, 4.69) is 40.2 Å². The number of benzene rings is 1. The van der Waals surface area contributed by atoms with Crippen LogP contribution in [0.15, 0.2) is 30.3 Å². The van der Waals surface area contributed by atoms with Crippen LogP contribution in [0.3, 0.4) is 0 Å². The molecule has 1 aromatic carbocycles. The zero-order valence-corrected chi connectivity index (χ0v) is 13.7. The maximum atomic E-state index is 5.96. The molecule has 2 heterocycles. The minimum Gasteiger partial charge on any atom is -0.375 e. The van der Waals surface area contributed by atoms with Gasteiger partial charge in [0.2, 0.25) is 0 Å². The first-order chi connectivity index (χ1) is 10.8. The van der Waals surface area contributed by atoms with Gasteiger partial charge in [-0.2, -0.15) is 0 Å². The van der Waals surface area contributed by atoms with Crippen molar-refractivity contribution in [2.75, 3.05) is 18.8 Å². The highest BCUT2D eigenvalue weighted by Gasteiger charge is 2.42. The second kappa shape index (κ2) is 5.67. The van der Waals surface area contributed by atoms with E-state index in [1.165, 1.54) is 54.9 Å². The van der Waals surface area contributed by atoms with E-state index in [9.17, 15) is 0 Å². The Balaban J connectivity index is 1.76. The van der Waals surface area contributed by atoms with E-state index < -0.39 is 0 Å². The molecule has 1 saturated heterocycles. The highest BCUT2D eigenvalue weighted by atomic mass is 32.1. The summed E-state index contributed by atoms with van der Waals surface area (Å²) in [7, 11) is 0. The molecule has 1 atom stereocenters. The van der Waals surface area contributed by atoms with Gasteiger partial charge in [-0.15, -0.1) is 11.3 Å². The van der Waals surface area contributed by atoms with Gasteiger partial charge >= 0.3 is 0 Å². The number of rotatable bonds is 2. The molecule has 4 rings (SSSR count). The van der Waals surface area contributed by atoms with Gasteiger partial charge in [0.25, 0.3) is 0 Å². The van der Waals surface area contributed by atoms with E-state index in [0.29, 0.717) is 0 Å². The van der Waals surface area contributed by atoms with Gasteiger partial charge < -0.3 is 5.73 Å². The summed E-state index contributed by atoms with van der Waals surface area (Å²) >= 11 is 1.68. The van der Waals surface area contributed by atoms with Gasteiger partial charge in [-0.3, -0.25) is 4.90 Å². The Morgan fingerprint density at radius 1 is 1.09 bits per heavy atom. The minimum atomic E-state index is 0.120. The number of likely N-dealkylation sites (tertiary alicyclic amines) is 1. The SMILES string of the molecule is Nc1nc2c(s1)CCC(c1ccccc1)(N1CCCCC1)C2. The quantitative estimate of drug-likeness (QED) is 0.921. The van der Waals surface area contributed by atoms with Crippen LogP contribution in [-0.2, 0) is 18.4 Å². The highest BCUT2D eigenvalue weighted by molar-refractivity contribution is 7.15. The van der Waals surface area contributed by atoms with Gasteiger partial charge in [0.15, 0.2) is 5.13 Å². The van der Waals surface area contributed by atoms with Crippen molar-refractivity contribution in [2.45, 2.75) is 44.1 Å². The van der Waals surface area contributed by atoms with Crippen LogP contribution in [0.2, 0.25) is 0 Å². The largest absolute Gasteiger partial charge is 0.375 e. The Labute approximate surface area is 136 Å². The number of nitrogens with zero attached hydrogens (tertiary/aromatic N) is 2. The first-order valence-corrected chi connectivity index (χ1v) is 9.14. The van der Waals surface area contributed by atoms with Crippen molar-refractivity contribution in [1.29, 1.82) is 0 Å². The van der Waals surface area contributed by atoms with Crippen molar-refractivity contribution >= 4 is 16.5 Å². The van der Waals surface area contributed by atoms with E-state index in [0.717, 1.165) is 18.0 Å². The standard InChI is InChI=1S/C18H23N3S/c19-17-20-15-13-18(10-9-16(15)22-17,14-7-3-1-4-8-14)21-11-5-2-6-12-21/h1,3-4,7-8H,2,5-6,9-13H2,(H2,19,20). The fraction of sp³-hybridized carbons (Fsp3) is 0.500. The number of anilines is 1. The molecule has 2 N–H and O–H groups in total. The third-order valence-electron chi connectivity index (χ3n) is 5.29. The Hall–Kier alpha value is -1.39. The lowest BCUT2D eigenvalue weighted by Crippen LogP contribution is -2.51. The number of nitrogen functional groups attached to an aromatic ring is 1. The number of aryl methyl sites for hydroxylation is 1. The average Bonchev–Trinajstić information content (AvgIpc) is 2.95. The van der Waals surface area contributed by atoms with Crippen LogP contribution in [0.1, 0.15) is 41.8 Å². The first-order valence-electron chi connectivity index (χ1n) is 8.33. The average molecular weight is 313 g/mol. The number of hydrogen-bond donors (Lipinski definition) is 1. The van der Waals surface area contributed by atoms with Crippen molar-refractivity contribution in [3.8, 4) is 0 Å². The molecule has 22 heavy (non-hydrogen) atoms. The van der Waals surface area contributed by atoms with Crippen LogP contribution in [0.4, 0.5) is 5.13 Å². The van der Waals surface area contributed by atoms with Gasteiger partial charge in [0.05, 0.1) is 11.2 Å². The second-order valence-corrected chi connectivity index (χ2v) is 7.66. The molecule has 0 spiro atoms. The lowest BCUT2D eigenvalue weighted by molar-refractivity contribution is 0.0498. The van der Waals surface area contributed by atoms with Gasteiger partial charge in [-0.1, -0.05) is 36.8 Å². The molecule has 116 valence electrons. The zero-order chi connectivity index (χ0) is 15.0. The summed E-state index contributed by atoms with van der Waals surface area (Å²) in [4.78, 5) is 8.77. The summed E-state index contributed by atoms with van der Waals surface area (Å²) in [6.07, 6.45) is 7.32. The summed E-state index contributed by atoms with van der Waals surface area (Å²) in [6, 6.07) is 11.1. The lowest BCUT2D eigenvalue weighted by atomic mass is 9.75. The van der Waals surface area contributed by atoms with Crippen LogP contribution >= 0.6 is 11.3 Å². The summed E-state index contributed by atoms with van der Waals surface area (Å²) in [5.74, 6) is 0. The molecule has 2 aliphatic rings. The van der Waals surface area contributed by atoms with E-state index in [1.807, 2.05) is 0 Å². The Kier molecular flexibility index (Phi) is 3.66. The van der Waals surface area contributed by atoms with E-state index >= 15 is 0 Å². The third-order valence-corrected chi connectivity index (χ3v) is 6.28. The smallest absolute Gasteiger partial charge is 0.180 e. The summed E-state index contributed by atoms with van der Waals surface area (Å²) < 4.78 is 0. The Bertz CT molecular complexity index is 646. The number of aromatic nitrogens is 1. The number of fused-ring (bicyclic) bond motifs is 1. The molecule has 0 saturated carbocycles. The number of nitrogens with two attached hydrogens (primary N) is 1. The van der Waals surface area contributed by atoms with Crippen molar-refractivity contribution in [1.82, 2.24) is 9.88 Å².